The van der Waals surface area contributed by atoms with Crippen molar-refractivity contribution < 1.29 is 0 Å². The fraction of sp³-hybridized carbons (Fsp3) is 0.167. The Morgan fingerprint density at radius 1 is 0.200 bits per heavy atom. The molecule has 0 saturated heterocycles. The monoisotopic (exact) mass is 1100 g/mol. The zero-order valence-corrected chi connectivity index (χ0v) is 52.4. The van der Waals surface area contributed by atoms with E-state index in [-0.39, 0.29) is 0 Å². The summed E-state index contributed by atoms with van der Waals surface area (Å²) in [5.74, 6) is 0. The van der Waals surface area contributed by atoms with Gasteiger partial charge in [-0.05, 0) is 96.1 Å². The molecule has 0 fully saturated rings. The van der Waals surface area contributed by atoms with Crippen molar-refractivity contribution in [1.29, 1.82) is 0 Å². The van der Waals surface area contributed by atoms with Gasteiger partial charge in [0.15, 0.2) is 0 Å². The molecule has 0 unspecified atom stereocenters. The predicted octanol–water partition coefficient (Wildman–Crippen LogP) is 17.9. The average Bonchev–Trinajstić information content (AvgIpc) is 4.19. The standard InChI is InChI=1S/C72H70N4Si4/c1-77(2,3)53-29-33-69-61(43-53)57-21-13-17-25-65(57)73(69)49-37-47(38-50(41-49)74-66-26-18-14-22-58(66)62-44-54(78(4,5)6)30-34-70(62)74)48-39-51(75-67-27-19-15-23-59(67)63-45-55(79(7,8)9)31-35-71(63)75)42-52(40-48)76-68-28-20-16-24-60(68)64-46-56(80(10,11)12)32-36-72(64)76/h13-46H,1-12H3. The minimum Gasteiger partial charge on any atom is -0.309 e. The smallest absolute Gasteiger partial charge is 0.0776 e. The number of hydrogen-bond acceptors (Lipinski definition) is 0. The topological polar surface area (TPSA) is 19.7 Å². The molecule has 4 aromatic heterocycles. The van der Waals surface area contributed by atoms with Crippen molar-refractivity contribution in [3.63, 3.8) is 0 Å². The van der Waals surface area contributed by atoms with Crippen molar-refractivity contribution in [1.82, 2.24) is 18.3 Å². The Kier molecular flexibility index (Phi) is 11.3. The van der Waals surface area contributed by atoms with Crippen LogP contribution >= 0.6 is 0 Å². The highest BCUT2D eigenvalue weighted by molar-refractivity contribution is 6.90. The third kappa shape index (κ3) is 8.08. The number of fused-ring (bicyclic) bond motifs is 12. The fourth-order valence-electron chi connectivity index (χ4n) is 12.9. The van der Waals surface area contributed by atoms with Gasteiger partial charge in [0.05, 0.1) is 76.4 Å². The SMILES string of the molecule is C[Si](C)(C)c1ccc2c(c1)c1ccccc1n2-c1cc(-c2cc(-n3c4ccccc4c4cc([Si](C)(C)C)ccc43)cc(-n3c4ccccc4c4cc([Si](C)(C)C)ccc43)c2)cc(-n2c3ccccc3c3cc([Si](C)(C)C)ccc32)c1. The van der Waals surface area contributed by atoms with Crippen molar-refractivity contribution >= 4 is 140 Å². The van der Waals surface area contributed by atoms with Gasteiger partial charge >= 0.3 is 0 Å². The van der Waals surface area contributed by atoms with Crippen LogP contribution in [0, 0.1) is 0 Å². The van der Waals surface area contributed by atoms with Crippen LogP contribution in [0.2, 0.25) is 78.6 Å². The molecule has 8 heteroatoms. The summed E-state index contributed by atoms with van der Waals surface area (Å²) in [5.41, 5.74) is 16.6. The lowest BCUT2D eigenvalue weighted by molar-refractivity contribution is 1.13. The molecule has 80 heavy (non-hydrogen) atoms. The number of para-hydroxylation sites is 4. The predicted molar refractivity (Wildman–Crippen MR) is 361 cm³/mol. The van der Waals surface area contributed by atoms with E-state index in [0.717, 1.165) is 33.9 Å². The van der Waals surface area contributed by atoms with Crippen LogP contribution in [0.4, 0.5) is 0 Å². The second-order valence-corrected chi connectivity index (χ2v) is 47.1. The van der Waals surface area contributed by atoms with E-state index in [1.807, 2.05) is 0 Å². The molecule has 0 aliphatic heterocycles. The van der Waals surface area contributed by atoms with Crippen molar-refractivity contribution in [3.05, 3.63) is 206 Å². The maximum Gasteiger partial charge on any atom is 0.0776 e. The van der Waals surface area contributed by atoms with Gasteiger partial charge in [-0.25, -0.2) is 0 Å². The molecule has 14 rings (SSSR count). The minimum atomic E-state index is -1.63. The van der Waals surface area contributed by atoms with Gasteiger partial charge in [-0.3, -0.25) is 0 Å². The van der Waals surface area contributed by atoms with Crippen molar-refractivity contribution in [2.24, 2.45) is 0 Å². The lowest BCUT2D eigenvalue weighted by Crippen LogP contribution is -2.37. The molecule has 0 aliphatic carbocycles. The summed E-state index contributed by atoms with van der Waals surface area (Å²) in [4.78, 5) is 0. The maximum absolute atomic E-state index is 2.54. The number of nitrogens with zero attached hydrogens (tertiary/aromatic N) is 4. The van der Waals surface area contributed by atoms with Crippen molar-refractivity contribution in [2.75, 3.05) is 0 Å². The van der Waals surface area contributed by atoms with Gasteiger partial charge in [0.25, 0.3) is 0 Å². The zero-order valence-electron chi connectivity index (χ0n) is 48.4. The van der Waals surface area contributed by atoms with E-state index in [9.17, 15) is 0 Å². The molecule has 394 valence electrons. The van der Waals surface area contributed by atoms with Crippen LogP contribution in [-0.4, -0.2) is 50.6 Å². The molecule has 0 radical (unpaired) electrons. The molecule has 10 aromatic carbocycles. The maximum atomic E-state index is 2.54. The minimum absolute atomic E-state index is 1.13. The summed E-state index contributed by atoms with van der Waals surface area (Å²) in [6.07, 6.45) is 0. The molecule has 0 N–H and O–H groups in total. The molecule has 0 aliphatic rings. The first-order chi connectivity index (χ1) is 38.2. The molecule has 0 amide bonds. The van der Waals surface area contributed by atoms with Crippen LogP contribution < -0.4 is 20.7 Å². The van der Waals surface area contributed by atoms with Crippen LogP contribution in [0.1, 0.15) is 0 Å². The lowest BCUT2D eigenvalue weighted by atomic mass is 10.0. The van der Waals surface area contributed by atoms with Crippen molar-refractivity contribution in [3.8, 4) is 33.9 Å². The molecule has 0 spiro atoms. The third-order valence-corrected chi connectivity index (χ3v) is 25.5. The van der Waals surface area contributed by atoms with E-state index in [2.05, 4.69) is 303 Å². The summed E-state index contributed by atoms with van der Waals surface area (Å²) < 4.78 is 10.2. The summed E-state index contributed by atoms with van der Waals surface area (Å²) >= 11 is 0. The Balaban J connectivity index is 1.12. The number of hydrogen-bond donors (Lipinski definition) is 0. The molecule has 0 atom stereocenters. The molecular formula is C72H70N4Si4. The Hall–Kier alpha value is -7.73. The van der Waals surface area contributed by atoms with Gasteiger partial charge in [0.1, 0.15) is 0 Å². The molecule has 4 nitrogen and oxygen atoms in total. The van der Waals surface area contributed by atoms with Gasteiger partial charge in [0, 0.05) is 65.8 Å². The second kappa shape index (κ2) is 17.9. The summed E-state index contributed by atoms with van der Waals surface area (Å²) in [7, 11) is -6.54. The average molecular weight is 1100 g/mol. The molecule has 0 bridgehead atoms. The van der Waals surface area contributed by atoms with Crippen LogP contribution in [0.3, 0.4) is 0 Å². The molecule has 0 saturated carbocycles. The normalized spacial score (nSPS) is 13.0. The quantitative estimate of drug-likeness (QED) is 0.128. The zero-order chi connectivity index (χ0) is 55.4. The van der Waals surface area contributed by atoms with Crippen LogP contribution in [0.25, 0.3) is 121 Å². The molecular weight excluding hydrogens is 1030 g/mol. The third-order valence-electron chi connectivity index (χ3n) is 17.3. The van der Waals surface area contributed by atoms with E-state index in [0.29, 0.717) is 0 Å². The highest BCUT2D eigenvalue weighted by Gasteiger charge is 2.26. The highest BCUT2D eigenvalue weighted by Crippen LogP contribution is 2.42. The Morgan fingerprint density at radius 2 is 0.400 bits per heavy atom. The number of benzene rings is 10. The van der Waals surface area contributed by atoms with E-state index < -0.39 is 32.3 Å². The number of rotatable bonds is 9. The van der Waals surface area contributed by atoms with Crippen LogP contribution in [0.5, 0.6) is 0 Å². The van der Waals surface area contributed by atoms with Gasteiger partial charge in [-0.1, -0.05) is 221 Å². The van der Waals surface area contributed by atoms with E-state index in [1.165, 1.54) is 108 Å². The molecule has 14 aromatic rings. The summed E-state index contributed by atoms with van der Waals surface area (Å²) in [6, 6.07) is 80.2. The first-order valence-corrected chi connectivity index (χ1v) is 42.7. The highest BCUT2D eigenvalue weighted by atomic mass is 28.3. The van der Waals surface area contributed by atoms with E-state index in [4.69, 9.17) is 0 Å². The first kappa shape index (κ1) is 50.5. The van der Waals surface area contributed by atoms with Gasteiger partial charge in [-0.2, -0.15) is 0 Å². The number of aromatic nitrogens is 4. The summed E-state index contributed by atoms with van der Waals surface area (Å²) in [6.45, 7) is 29.5. The Morgan fingerprint density at radius 3 is 0.613 bits per heavy atom. The Bertz CT molecular complexity index is 4270. The van der Waals surface area contributed by atoms with Crippen LogP contribution in [-0.2, 0) is 0 Å². The van der Waals surface area contributed by atoms with E-state index >= 15 is 0 Å². The van der Waals surface area contributed by atoms with E-state index in [1.54, 1.807) is 0 Å². The fourth-order valence-corrected chi connectivity index (χ4v) is 17.6. The van der Waals surface area contributed by atoms with Gasteiger partial charge in [-0.15, -0.1) is 0 Å². The second-order valence-electron chi connectivity index (χ2n) is 26.8. The largest absolute Gasteiger partial charge is 0.309 e. The Labute approximate surface area is 474 Å². The molecule has 4 heterocycles. The lowest BCUT2D eigenvalue weighted by Gasteiger charge is -2.20. The van der Waals surface area contributed by atoms with Gasteiger partial charge < -0.3 is 18.3 Å². The van der Waals surface area contributed by atoms with Crippen molar-refractivity contribution in [2.45, 2.75) is 78.6 Å². The summed E-state index contributed by atoms with van der Waals surface area (Å²) in [5, 5.41) is 16.2. The van der Waals surface area contributed by atoms with Gasteiger partial charge in [0.2, 0.25) is 0 Å². The first-order valence-electron chi connectivity index (χ1n) is 28.7. The van der Waals surface area contributed by atoms with Crippen LogP contribution in [0.15, 0.2) is 206 Å².